The van der Waals surface area contributed by atoms with Gasteiger partial charge in [0.05, 0.1) is 22.8 Å². The van der Waals surface area contributed by atoms with Crippen LogP contribution in [0.1, 0.15) is 27.6 Å². The quantitative estimate of drug-likeness (QED) is 0.907. The van der Waals surface area contributed by atoms with E-state index in [2.05, 4.69) is 10.2 Å². The molecule has 2 heterocycles. The van der Waals surface area contributed by atoms with Gasteiger partial charge in [-0.25, -0.2) is 8.42 Å². The van der Waals surface area contributed by atoms with Crippen LogP contribution in [0.25, 0.3) is 0 Å². The molecular weight excluding hydrogens is 302 g/mol. The summed E-state index contributed by atoms with van der Waals surface area (Å²) in [6.45, 7) is 0.637. The van der Waals surface area contributed by atoms with Crippen molar-refractivity contribution in [3.05, 3.63) is 53.9 Å². The molecule has 0 spiro atoms. The summed E-state index contributed by atoms with van der Waals surface area (Å²) in [4.78, 5) is 13.9. The van der Waals surface area contributed by atoms with Crippen LogP contribution < -0.4 is 0 Å². The van der Waals surface area contributed by atoms with E-state index in [1.807, 2.05) is 30.3 Å². The number of hydrogen-bond acceptors (Lipinski definition) is 4. The summed E-state index contributed by atoms with van der Waals surface area (Å²) in [5.74, 6) is -0.200. The van der Waals surface area contributed by atoms with Gasteiger partial charge >= 0.3 is 0 Å². The maximum atomic E-state index is 12.5. The van der Waals surface area contributed by atoms with Crippen LogP contribution in [0.2, 0.25) is 0 Å². The first-order chi connectivity index (χ1) is 10.6. The molecule has 6 nitrogen and oxygen atoms in total. The van der Waals surface area contributed by atoms with E-state index in [0.717, 1.165) is 5.56 Å². The third-order valence-electron chi connectivity index (χ3n) is 3.94. The number of carbonyl (C=O) groups is 1. The lowest BCUT2D eigenvalue weighted by Crippen LogP contribution is -2.33. The molecule has 2 aromatic rings. The van der Waals surface area contributed by atoms with Crippen LogP contribution in [0, 0.1) is 0 Å². The SMILES string of the molecule is O=C(c1cn[nH]c1)N1CC[C@H](c2ccccc2)S(=O)(=O)CC1. The number of amides is 1. The maximum absolute atomic E-state index is 12.5. The highest BCUT2D eigenvalue weighted by Gasteiger charge is 2.32. The molecule has 1 aromatic carbocycles. The summed E-state index contributed by atoms with van der Waals surface area (Å²) in [5, 5.41) is 5.82. The second kappa shape index (κ2) is 5.92. The highest BCUT2D eigenvalue weighted by Crippen LogP contribution is 2.29. The maximum Gasteiger partial charge on any atom is 0.257 e. The first-order valence-corrected chi connectivity index (χ1v) is 8.84. The number of H-pyrrole nitrogens is 1. The van der Waals surface area contributed by atoms with E-state index in [1.165, 1.54) is 12.4 Å². The number of sulfone groups is 1. The predicted molar refractivity (Wildman–Crippen MR) is 82.1 cm³/mol. The molecule has 1 atom stereocenters. The molecule has 7 heteroatoms. The fraction of sp³-hybridized carbons (Fsp3) is 0.333. The van der Waals surface area contributed by atoms with Crippen molar-refractivity contribution in [1.29, 1.82) is 0 Å². The van der Waals surface area contributed by atoms with Gasteiger partial charge in [0.15, 0.2) is 9.84 Å². The van der Waals surface area contributed by atoms with Gasteiger partial charge in [-0.1, -0.05) is 30.3 Å². The highest BCUT2D eigenvalue weighted by molar-refractivity contribution is 7.91. The Kier molecular flexibility index (Phi) is 3.98. The number of nitrogens with one attached hydrogen (secondary N) is 1. The molecule has 1 aliphatic heterocycles. The summed E-state index contributed by atoms with van der Waals surface area (Å²) in [6.07, 6.45) is 3.39. The Balaban J connectivity index is 1.82. The van der Waals surface area contributed by atoms with E-state index in [0.29, 0.717) is 18.5 Å². The first kappa shape index (κ1) is 14.8. The van der Waals surface area contributed by atoms with Crippen molar-refractivity contribution in [3.63, 3.8) is 0 Å². The molecule has 0 saturated carbocycles. The lowest BCUT2D eigenvalue weighted by Gasteiger charge is -2.19. The number of carbonyl (C=O) groups excluding carboxylic acids is 1. The van der Waals surface area contributed by atoms with Gasteiger partial charge in [-0.15, -0.1) is 0 Å². The standard InChI is InChI=1S/C15H17N3O3S/c19-15(13-10-16-17-11-13)18-7-6-14(22(20,21)9-8-18)12-4-2-1-3-5-12/h1-5,10-11,14H,6-9H2,(H,16,17)/t14-/m1/s1. The zero-order valence-corrected chi connectivity index (χ0v) is 12.8. The summed E-state index contributed by atoms with van der Waals surface area (Å²) >= 11 is 0. The van der Waals surface area contributed by atoms with Gasteiger partial charge in [-0.3, -0.25) is 9.89 Å². The summed E-state index contributed by atoms with van der Waals surface area (Å²) < 4.78 is 25.0. The van der Waals surface area contributed by atoms with E-state index < -0.39 is 15.1 Å². The number of rotatable bonds is 2. The lowest BCUT2D eigenvalue weighted by atomic mass is 10.1. The number of aromatic amines is 1. The van der Waals surface area contributed by atoms with E-state index in [9.17, 15) is 13.2 Å². The molecule has 1 saturated heterocycles. The van der Waals surface area contributed by atoms with Crippen LogP contribution in [-0.2, 0) is 9.84 Å². The monoisotopic (exact) mass is 319 g/mol. The Morgan fingerprint density at radius 3 is 2.68 bits per heavy atom. The van der Waals surface area contributed by atoms with E-state index in [-0.39, 0.29) is 18.2 Å². The number of benzene rings is 1. The van der Waals surface area contributed by atoms with Gasteiger partial charge in [0.1, 0.15) is 0 Å². The van der Waals surface area contributed by atoms with Crippen LogP contribution in [0.4, 0.5) is 0 Å². The largest absolute Gasteiger partial charge is 0.337 e. The van der Waals surface area contributed by atoms with Crippen molar-refractivity contribution in [1.82, 2.24) is 15.1 Å². The third-order valence-corrected chi connectivity index (χ3v) is 6.07. The number of nitrogens with zero attached hydrogens (tertiary/aromatic N) is 2. The number of hydrogen-bond donors (Lipinski definition) is 1. The molecule has 1 fully saturated rings. The van der Waals surface area contributed by atoms with Crippen molar-refractivity contribution >= 4 is 15.7 Å². The Morgan fingerprint density at radius 2 is 2.00 bits per heavy atom. The van der Waals surface area contributed by atoms with Crippen molar-refractivity contribution in [3.8, 4) is 0 Å². The van der Waals surface area contributed by atoms with Crippen LogP contribution in [0.15, 0.2) is 42.7 Å². The van der Waals surface area contributed by atoms with Gasteiger partial charge in [0.2, 0.25) is 0 Å². The summed E-state index contributed by atoms with van der Waals surface area (Å²) in [6, 6.07) is 9.20. The highest BCUT2D eigenvalue weighted by atomic mass is 32.2. The molecule has 0 unspecified atom stereocenters. The molecule has 1 N–H and O–H groups in total. The summed E-state index contributed by atoms with van der Waals surface area (Å²) in [5.41, 5.74) is 1.25. The number of aromatic nitrogens is 2. The van der Waals surface area contributed by atoms with Gasteiger partial charge < -0.3 is 4.90 Å². The normalized spacial score (nSPS) is 21.3. The Hall–Kier alpha value is -2.15. The van der Waals surface area contributed by atoms with E-state index in [1.54, 1.807) is 4.90 Å². The van der Waals surface area contributed by atoms with Crippen molar-refractivity contribution in [2.45, 2.75) is 11.7 Å². The zero-order valence-electron chi connectivity index (χ0n) is 12.0. The fourth-order valence-corrected chi connectivity index (χ4v) is 4.54. The lowest BCUT2D eigenvalue weighted by molar-refractivity contribution is 0.0766. The van der Waals surface area contributed by atoms with E-state index in [4.69, 9.17) is 0 Å². The van der Waals surface area contributed by atoms with Crippen LogP contribution in [0.3, 0.4) is 0 Å². The zero-order chi connectivity index (χ0) is 15.6. The average molecular weight is 319 g/mol. The third kappa shape index (κ3) is 2.89. The Labute approximate surface area is 129 Å². The van der Waals surface area contributed by atoms with Crippen molar-refractivity contribution < 1.29 is 13.2 Å². The molecule has 0 aliphatic carbocycles. The van der Waals surface area contributed by atoms with Gasteiger partial charge in [-0.05, 0) is 12.0 Å². The van der Waals surface area contributed by atoms with Crippen molar-refractivity contribution in [2.24, 2.45) is 0 Å². The van der Waals surface area contributed by atoms with Gasteiger partial charge in [0, 0.05) is 19.3 Å². The Bertz CT molecular complexity index is 742. The van der Waals surface area contributed by atoms with Crippen LogP contribution >= 0.6 is 0 Å². The summed E-state index contributed by atoms with van der Waals surface area (Å²) in [7, 11) is -3.27. The predicted octanol–water partition coefficient (Wildman–Crippen LogP) is 1.41. The molecule has 1 amide bonds. The molecule has 1 aliphatic rings. The minimum atomic E-state index is -3.27. The molecular formula is C15H17N3O3S. The minimum absolute atomic E-state index is 0.0177. The van der Waals surface area contributed by atoms with E-state index >= 15 is 0 Å². The molecule has 22 heavy (non-hydrogen) atoms. The van der Waals surface area contributed by atoms with Crippen LogP contribution in [0.5, 0.6) is 0 Å². The Morgan fingerprint density at radius 1 is 1.23 bits per heavy atom. The molecule has 116 valence electrons. The smallest absolute Gasteiger partial charge is 0.257 e. The van der Waals surface area contributed by atoms with Gasteiger partial charge in [0.25, 0.3) is 5.91 Å². The molecule has 0 radical (unpaired) electrons. The van der Waals surface area contributed by atoms with Crippen LogP contribution in [-0.4, -0.2) is 48.3 Å². The second-order valence-electron chi connectivity index (χ2n) is 5.33. The fourth-order valence-electron chi connectivity index (χ4n) is 2.74. The minimum Gasteiger partial charge on any atom is -0.337 e. The topological polar surface area (TPSA) is 83.1 Å². The molecule has 1 aromatic heterocycles. The second-order valence-corrected chi connectivity index (χ2v) is 7.64. The van der Waals surface area contributed by atoms with Gasteiger partial charge in [-0.2, -0.15) is 5.10 Å². The van der Waals surface area contributed by atoms with Crippen molar-refractivity contribution in [2.75, 3.05) is 18.8 Å². The molecule has 0 bridgehead atoms. The molecule has 3 rings (SSSR count). The first-order valence-electron chi connectivity index (χ1n) is 7.12. The average Bonchev–Trinajstić information content (AvgIpc) is 3.00.